The molecule has 9 nitrogen and oxygen atoms in total. The summed E-state index contributed by atoms with van der Waals surface area (Å²) in [6.07, 6.45) is 0. The Labute approximate surface area is 469 Å². The highest BCUT2D eigenvalue weighted by Gasteiger charge is 2.46. The van der Waals surface area contributed by atoms with Gasteiger partial charge in [0.25, 0.3) is 5.70 Å². The normalized spacial score (nSPS) is 12.2. The number of rotatable bonds is 9. The molecular weight excluding hydrogens is 991 g/mol. The molecule has 10 aromatic rings. The second-order valence-electron chi connectivity index (χ2n) is 19.3. The highest BCUT2D eigenvalue weighted by molar-refractivity contribution is 6.25. The standard InChI is InChI=1S/C72H39N9/c1-76-62(45-75)64-60-41-54(80(49-26-14-6-15-27-49)50-28-16-7-17-29-50)35-38-57(60)67-70(64)65-56-37-34-53(79(47-22-10-4-11-23-47)48-24-12-5-13-25-48)40-59(56)63(46(43-73)44-74)69(65)66-58-39-36-55(42-61(58)68(71(66)67)72(77-2)78-3)81(51-30-18-8-19-31-51)52-32-20-9-21-33-52/h4-42H. The molecule has 0 unspecified atom stereocenters. The van der Waals surface area contributed by atoms with Crippen LogP contribution in [0.15, 0.2) is 254 Å². The molecule has 0 radical (unpaired) electrons. The van der Waals surface area contributed by atoms with Gasteiger partial charge in [-0.25, -0.2) is 10.1 Å². The molecule has 0 atom stereocenters. The Balaban J connectivity index is 1.18. The number of anilines is 9. The van der Waals surface area contributed by atoms with E-state index in [1.807, 2.05) is 237 Å². The summed E-state index contributed by atoms with van der Waals surface area (Å²) >= 11 is 0. The van der Waals surface area contributed by atoms with E-state index >= 15 is 0 Å². The fourth-order valence-electron chi connectivity index (χ4n) is 12.0. The van der Waals surface area contributed by atoms with E-state index in [0.717, 1.165) is 51.2 Å². The molecule has 0 N–H and O–H groups in total. The lowest BCUT2D eigenvalue weighted by Gasteiger charge is -2.26. The van der Waals surface area contributed by atoms with Gasteiger partial charge in [0.05, 0.1) is 18.2 Å². The van der Waals surface area contributed by atoms with Crippen molar-refractivity contribution in [3.8, 4) is 51.6 Å². The Morgan fingerprint density at radius 1 is 0.284 bits per heavy atom. The van der Waals surface area contributed by atoms with Crippen LogP contribution in [0.5, 0.6) is 0 Å². The maximum atomic E-state index is 11.2. The number of hydrogen-bond donors (Lipinski definition) is 0. The lowest BCUT2D eigenvalue weighted by molar-refractivity contribution is 1.28. The molecule has 81 heavy (non-hydrogen) atoms. The Morgan fingerprint density at radius 2 is 0.568 bits per heavy atom. The molecule has 0 aliphatic heterocycles. The summed E-state index contributed by atoms with van der Waals surface area (Å²) in [6, 6.07) is 84.8. The van der Waals surface area contributed by atoms with Crippen molar-refractivity contribution in [2.45, 2.75) is 0 Å². The molecule has 3 aliphatic carbocycles. The molecule has 0 fully saturated rings. The third-order valence-corrected chi connectivity index (χ3v) is 15.1. The van der Waals surface area contributed by atoms with Gasteiger partial charge in [-0.2, -0.15) is 20.2 Å². The van der Waals surface area contributed by atoms with Crippen LogP contribution in [0.4, 0.5) is 51.2 Å². The summed E-state index contributed by atoms with van der Waals surface area (Å²) in [6.45, 7) is 26.2. The summed E-state index contributed by atoms with van der Waals surface area (Å²) in [5.74, 6) is -0.189. The molecule has 0 amide bonds. The first-order valence-corrected chi connectivity index (χ1v) is 26.0. The van der Waals surface area contributed by atoms with Gasteiger partial charge in [-0.3, -0.25) is 0 Å². The van der Waals surface area contributed by atoms with Crippen LogP contribution in [-0.2, 0) is 0 Å². The van der Waals surface area contributed by atoms with Crippen LogP contribution in [0.2, 0.25) is 0 Å². The maximum Gasteiger partial charge on any atom is 0.527 e. The first kappa shape index (κ1) is 48.4. The molecule has 372 valence electrons. The van der Waals surface area contributed by atoms with Crippen LogP contribution in [0.3, 0.4) is 0 Å². The predicted octanol–water partition coefficient (Wildman–Crippen LogP) is 18.6. The second-order valence-corrected chi connectivity index (χ2v) is 19.3. The van der Waals surface area contributed by atoms with Gasteiger partial charge in [0.1, 0.15) is 30.9 Å². The Kier molecular flexibility index (Phi) is 12.0. The third-order valence-electron chi connectivity index (χ3n) is 15.1. The molecule has 0 heterocycles. The molecular formula is C72H39N9. The molecule has 3 aliphatic rings. The summed E-state index contributed by atoms with van der Waals surface area (Å²) in [7, 11) is 0. The van der Waals surface area contributed by atoms with Gasteiger partial charge in [-0.1, -0.05) is 127 Å². The molecule has 9 heteroatoms. The number of allylic oxidation sites excluding steroid dienone is 2. The number of fused-ring (bicyclic) bond motifs is 12. The maximum absolute atomic E-state index is 11.2. The fraction of sp³-hybridized carbons (Fsp3) is 0. The third kappa shape index (κ3) is 7.72. The van der Waals surface area contributed by atoms with Crippen LogP contribution in [0.25, 0.3) is 64.6 Å². The summed E-state index contributed by atoms with van der Waals surface area (Å²) in [4.78, 5) is 18.3. The van der Waals surface area contributed by atoms with Crippen LogP contribution in [0.1, 0.15) is 33.4 Å². The van der Waals surface area contributed by atoms with Crippen molar-refractivity contribution >= 4 is 67.9 Å². The van der Waals surface area contributed by atoms with Crippen molar-refractivity contribution in [2.24, 2.45) is 0 Å². The number of nitriles is 3. The van der Waals surface area contributed by atoms with Gasteiger partial charge in [-0.05, 0) is 170 Å². The summed E-state index contributed by atoms with van der Waals surface area (Å²) in [5, 5.41) is 33.7. The molecule has 0 saturated carbocycles. The van der Waals surface area contributed by atoms with E-state index in [1.54, 1.807) is 0 Å². The molecule has 0 saturated heterocycles. The van der Waals surface area contributed by atoms with E-state index in [1.165, 1.54) is 0 Å². The zero-order valence-electron chi connectivity index (χ0n) is 43.0. The SMILES string of the molecule is [C-]#[N+]C(C#N)=C1c2cc(N(c3ccccc3)c3ccccc3)ccc2-c2c1c1c(c3c2C(=C([N+]#[C-])[N+]#[C-])c2cc(N(c4ccccc4)c4ccccc4)ccc2-3)C(=C(C#N)C#N)c2cc(N(c3ccccc3)c3ccccc3)ccc2-1. The first-order valence-electron chi connectivity index (χ1n) is 26.0. The van der Waals surface area contributed by atoms with Crippen molar-refractivity contribution in [3.05, 3.63) is 321 Å². The van der Waals surface area contributed by atoms with E-state index in [-0.39, 0.29) is 17.1 Å². The van der Waals surface area contributed by atoms with E-state index in [9.17, 15) is 15.8 Å². The monoisotopic (exact) mass is 1030 g/mol. The van der Waals surface area contributed by atoms with E-state index in [2.05, 4.69) is 47.4 Å². The van der Waals surface area contributed by atoms with Crippen molar-refractivity contribution in [3.63, 3.8) is 0 Å². The number of nitrogens with zero attached hydrogens (tertiary/aromatic N) is 9. The van der Waals surface area contributed by atoms with E-state index < -0.39 is 0 Å². The largest absolute Gasteiger partial charge is 0.527 e. The van der Waals surface area contributed by atoms with Crippen molar-refractivity contribution in [1.82, 2.24) is 0 Å². The fourth-order valence-corrected chi connectivity index (χ4v) is 12.0. The zero-order chi connectivity index (χ0) is 55.1. The highest BCUT2D eigenvalue weighted by atomic mass is 15.2. The number of hydrogen-bond acceptors (Lipinski definition) is 6. The number of benzene rings is 10. The summed E-state index contributed by atoms with van der Waals surface area (Å²) < 4.78 is 0. The van der Waals surface area contributed by atoms with Crippen LogP contribution in [0, 0.1) is 53.7 Å². The Hall–Kier alpha value is -12.2. The van der Waals surface area contributed by atoms with Crippen molar-refractivity contribution in [2.75, 3.05) is 14.7 Å². The van der Waals surface area contributed by atoms with E-state index in [4.69, 9.17) is 19.7 Å². The minimum atomic E-state index is -0.189. The molecule has 0 spiro atoms. The minimum Gasteiger partial charge on any atom is -0.310 e. The average molecular weight is 1030 g/mol. The quantitative estimate of drug-likeness (QED) is 0.106. The minimum absolute atomic E-state index is 0.152. The van der Waals surface area contributed by atoms with Gasteiger partial charge < -0.3 is 14.7 Å². The van der Waals surface area contributed by atoms with Gasteiger partial charge in [0, 0.05) is 67.9 Å². The van der Waals surface area contributed by atoms with Gasteiger partial charge in [0.2, 0.25) is 0 Å². The van der Waals surface area contributed by atoms with Crippen LogP contribution >= 0.6 is 0 Å². The highest BCUT2D eigenvalue weighted by Crippen LogP contribution is 2.66. The topological polar surface area (TPSA) is 94.2 Å². The van der Waals surface area contributed by atoms with Crippen molar-refractivity contribution in [1.29, 1.82) is 15.8 Å². The summed E-state index contributed by atoms with van der Waals surface area (Å²) in [5.41, 5.74) is 15.7. The Bertz CT molecular complexity index is 3960. The zero-order valence-corrected chi connectivity index (χ0v) is 43.0. The first-order chi connectivity index (χ1) is 40.0. The molecule has 0 bridgehead atoms. The molecule has 13 rings (SSSR count). The Morgan fingerprint density at radius 3 is 0.852 bits per heavy atom. The van der Waals surface area contributed by atoms with Crippen LogP contribution < -0.4 is 14.7 Å². The van der Waals surface area contributed by atoms with Gasteiger partial charge in [0.15, 0.2) is 0 Å². The molecule has 0 aromatic heterocycles. The van der Waals surface area contributed by atoms with Crippen molar-refractivity contribution < 1.29 is 0 Å². The number of para-hydroxylation sites is 6. The lowest BCUT2D eigenvalue weighted by atomic mass is 9.83. The second kappa shape index (κ2) is 20.0. The van der Waals surface area contributed by atoms with Gasteiger partial charge in [-0.15, -0.1) is 0 Å². The van der Waals surface area contributed by atoms with Crippen LogP contribution in [-0.4, -0.2) is 0 Å². The smallest absolute Gasteiger partial charge is 0.310 e. The lowest BCUT2D eigenvalue weighted by Crippen LogP contribution is -2.10. The average Bonchev–Trinajstić information content (AvgIpc) is 4.15. The van der Waals surface area contributed by atoms with Gasteiger partial charge >= 0.3 is 5.82 Å². The predicted molar refractivity (Wildman–Crippen MR) is 322 cm³/mol. The van der Waals surface area contributed by atoms with E-state index in [0.29, 0.717) is 83.5 Å². The molecule has 10 aromatic carbocycles.